The highest BCUT2D eigenvalue weighted by atomic mass is 35.5. The first-order valence-electron chi connectivity index (χ1n) is 8.15. The maximum atomic E-state index is 12.5. The minimum absolute atomic E-state index is 0.239. The highest BCUT2D eigenvalue weighted by molar-refractivity contribution is 6.35. The molecule has 0 spiro atoms. The standard InChI is InChI=1S/C17H16Cl2N6O3/c1-9-7-14(21-24(9)8-11-12(18)5-4-6-13(11)19)20-17(26)15-16(25(27)28)10(2)23(3)22-15/h4-7H,8H2,1-3H3,(H,20,21,26). The SMILES string of the molecule is Cc1c([N+](=O)[O-])c(C(=O)Nc2cc(C)n(Cc3c(Cl)cccc3Cl)n2)nn1C. The number of hydrogen-bond acceptors (Lipinski definition) is 5. The monoisotopic (exact) mass is 422 g/mol. The molecule has 11 heteroatoms. The lowest BCUT2D eigenvalue weighted by molar-refractivity contribution is -0.385. The van der Waals surface area contributed by atoms with Crippen molar-refractivity contribution in [1.82, 2.24) is 19.6 Å². The van der Waals surface area contributed by atoms with E-state index in [2.05, 4.69) is 15.5 Å². The maximum absolute atomic E-state index is 12.5. The van der Waals surface area contributed by atoms with Gasteiger partial charge in [-0.3, -0.25) is 24.3 Å². The van der Waals surface area contributed by atoms with E-state index in [1.165, 1.54) is 18.7 Å². The van der Waals surface area contributed by atoms with Crippen molar-refractivity contribution in [3.8, 4) is 0 Å². The Bertz CT molecular complexity index is 1070. The van der Waals surface area contributed by atoms with Crippen LogP contribution in [0.15, 0.2) is 24.3 Å². The number of amides is 1. The van der Waals surface area contributed by atoms with Gasteiger partial charge in [-0.2, -0.15) is 10.2 Å². The Morgan fingerprint density at radius 2 is 1.89 bits per heavy atom. The highest BCUT2D eigenvalue weighted by Gasteiger charge is 2.29. The summed E-state index contributed by atoms with van der Waals surface area (Å²) in [5.74, 6) is -0.473. The van der Waals surface area contributed by atoms with Crippen LogP contribution in [0.4, 0.5) is 11.5 Å². The van der Waals surface area contributed by atoms with Crippen LogP contribution in [0.3, 0.4) is 0 Å². The van der Waals surface area contributed by atoms with Crippen LogP contribution in [0.2, 0.25) is 10.0 Å². The Hall–Kier alpha value is -2.91. The van der Waals surface area contributed by atoms with Gasteiger partial charge in [-0.05, 0) is 26.0 Å². The highest BCUT2D eigenvalue weighted by Crippen LogP contribution is 2.26. The molecule has 2 aromatic heterocycles. The van der Waals surface area contributed by atoms with Crippen LogP contribution in [0.5, 0.6) is 0 Å². The molecule has 2 heterocycles. The first-order valence-corrected chi connectivity index (χ1v) is 8.91. The zero-order valence-corrected chi connectivity index (χ0v) is 16.7. The molecule has 0 saturated carbocycles. The van der Waals surface area contributed by atoms with E-state index in [1.54, 1.807) is 35.9 Å². The number of benzene rings is 1. The van der Waals surface area contributed by atoms with E-state index in [0.717, 1.165) is 5.69 Å². The molecule has 0 atom stereocenters. The van der Waals surface area contributed by atoms with Crippen molar-refractivity contribution in [1.29, 1.82) is 0 Å². The third-order valence-corrected chi connectivity index (χ3v) is 5.00. The van der Waals surface area contributed by atoms with Crippen LogP contribution in [-0.4, -0.2) is 30.4 Å². The first kappa shape index (κ1) is 19.8. The Kier molecular flexibility index (Phi) is 5.39. The van der Waals surface area contributed by atoms with Gasteiger partial charge in [0.25, 0.3) is 5.91 Å². The zero-order valence-electron chi connectivity index (χ0n) is 15.2. The van der Waals surface area contributed by atoms with Gasteiger partial charge in [-0.25, -0.2) is 0 Å². The Balaban J connectivity index is 1.86. The zero-order chi connectivity index (χ0) is 20.6. The number of carbonyl (C=O) groups is 1. The Labute approximate surface area is 170 Å². The number of aryl methyl sites for hydroxylation is 2. The smallest absolute Gasteiger partial charge is 0.303 e. The molecule has 3 aromatic rings. The van der Waals surface area contributed by atoms with Gasteiger partial charge in [0, 0.05) is 34.4 Å². The van der Waals surface area contributed by atoms with Crippen molar-refractivity contribution in [2.75, 3.05) is 5.32 Å². The van der Waals surface area contributed by atoms with Crippen molar-refractivity contribution < 1.29 is 9.72 Å². The number of anilines is 1. The summed E-state index contributed by atoms with van der Waals surface area (Å²) in [6.45, 7) is 3.64. The molecule has 0 unspecified atom stereocenters. The molecular weight excluding hydrogens is 407 g/mol. The minimum atomic E-state index is -0.712. The van der Waals surface area contributed by atoms with E-state index in [9.17, 15) is 14.9 Å². The molecule has 0 bridgehead atoms. The largest absolute Gasteiger partial charge is 0.322 e. The lowest BCUT2D eigenvalue weighted by Crippen LogP contribution is -2.15. The molecule has 0 aliphatic carbocycles. The van der Waals surface area contributed by atoms with Gasteiger partial charge in [0.15, 0.2) is 5.82 Å². The van der Waals surface area contributed by atoms with Crippen molar-refractivity contribution >= 4 is 40.6 Å². The summed E-state index contributed by atoms with van der Waals surface area (Å²) in [5, 5.41) is 23.1. The molecule has 1 N–H and O–H groups in total. The first-order chi connectivity index (χ1) is 13.2. The fraction of sp³-hybridized carbons (Fsp3) is 0.235. The van der Waals surface area contributed by atoms with Crippen molar-refractivity contribution in [3.05, 3.63) is 67.1 Å². The van der Waals surface area contributed by atoms with E-state index in [4.69, 9.17) is 23.2 Å². The molecule has 1 amide bonds. The van der Waals surface area contributed by atoms with Crippen LogP contribution < -0.4 is 5.32 Å². The third kappa shape index (κ3) is 3.71. The molecule has 0 fully saturated rings. The van der Waals surface area contributed by atoms with Crippen LogP contribution in [0, 0.1) is 24.0 Å². The topological polar surface area (TPSA) is 108 Å². The summed E-state index contributed by atoms with van der Waals surface area (Å²) in [6, 6.07) is 6.85. The molecular formula is C17H16Cl2N6O3. The normalized spacial score (nSPS) is 10.9. The van der Waals surface area contributed by atoms with Gasteiger partial charge in [-0.15, -0.1) is 0 Å². The number of aromatic nitrogens is 4. The number of hydrogen-bond donors (Lipinski definition) is 1. The van der Waals surface area contributed by atoms with Crippen molar-refractivity contribution in [2.45, 2.75) is 20.4 Å². The van der Waals surface area contributed by atoms with Gasteiger partial charge in [0.05, 0.1) is 11.5 Å². The number of nitrogens with zero attached hydrogens (tertiary/aromatic N) is 5. The van der Waals surface area contributed by atoms with Gasteiger partial charge in [-0.1, -0.05) is 29.3 Å². The predicted molar refractivity (Wildman–Crippen MR) is 105 cm³/mol. The van der Waals surface area contributed by atoms with Gasteiger partial charge < -0.3 is 5.32 Å². The number of rotatable bonds is 5. The van der Waals surface area contributed by atoms with Crippen molar-refractivity contribution in [3.63, 3.8) is 0 Å². The number of nitrogens with one attached hydrogen (secondary N) is 1. The molecule has 28 heavy (non-hydrogen) atoms. The third-order valence-electron chi connectivity index (χ3n) is 4.29. The van der Waals surface area contributed by atoms with Crippen LogP contribution >= 0.6 is 23.2 Å². The summed E-state index contributed by atoms with van der Waals surface area (Å²) in [4.78, 5) is 23.2. The molecule has 3 rings (SSSR count). The Morgan fingerprint density at radius 1 is 1.25 bits per heavy atom. The molecule has 146 valence electrons. The molecule has 9 nitrogen and oxygen atoms in total. The van der Waals surface area contributed by atoms with E-state index in [1.807, 2.05) is 0 Å². The van der Waals surface area contributed by atoms with E-state index in [-0.39, 0.29) is 22.9 Å². The Morgan fingerprint density at radius 3 is 2.50 bits per heavy atom. The molecule has 0 aliphatic heterocycles. The average molecular weight is 423 g/mol. The number of nitro groups is 1. The quantitative estimate of drug-likeness (QED) is 0.497. The van der Waals surface area contributed by atoms with E-state index >= 15 is 0 Å². The second-order valence-electron chi connectivity index (χ2n) is 6.15. The van der Waals surface area contributed by atoms with E-state index < -0.39 is 10.8 Å². The number of carbonyl (C=O) groups excluding carboxylic acids is 1. The summed E-state index contributed by atoms with van der Waals surface area (Å²) < 4.78 is 2.91. The van der Waals surface area contributed by atoms with Gasteiger partial charge >= 0.3 is 5.69 Å². The molecule has 0 radical (unpaired) electrons. The molecule has 0 aliphatic rings. The van der Waals surface area contributed by atoms with Crippen LogP contribution in [-0.2, 0) is 13.6 Å². The number of halogens is 2. The summed E-state index contributed by atoms with van der Waals surface area (Å²) in [5.41, 5.74) is 1.12. The van der Waals surface area contributed by atoms with Crippen LogP contribution in [0.1, 0.15) is 27.4 Å². The maximum Gasteiger partial charge on any atom is 0.322 e. The summed E-state index contributed by atoms with van der Waals surface area (Å²) in [6.07, 6.45) is 0. The average Bonchev–Trinajstić information content (AvgIpc) is 3.11. The summed E-state index contributed by atoms with van der Waals surface area (Å²) >= 11 is 12.4. The van der Waals surface area contributed by atoms with Crippen LogP contribution in [0.25, 0.3) is 0 Å². The fourth-order valence-corrected chi connectivity index (χ4v) is 3.23. The second-order valence-corrected chi connectivity index (χ2v) is 6.96. The molecule has 1 aromatic carbocycles. The fourth-order valence-electron chi connectivity index (χ4n) is 2.71. The summed E-state index contributed by atoms with van der Waals surface area (Å²) in [7, 11) is 1.53. The predicted octanol–water partition coefficient (Wildman–Crippen LogP) is 3.75. The van der Waals surface area contributed by atoms with E-state index in [0.29, 0.717) is 22.2 Å². The second kappa shape index (κ2) is 7.61. The van der Waals surface area contributed by atoms with Crippen molar-refractivity contribution in [2.24, 2.45) is 7.05 Å². The minimum Gasteiger partial charge on any atom is -0.303 e. The van der Waals surface area contributed by atoms with Gasteiger partial charge in [0.2, 0.25) is 5.69 Å². The van der Waals surface area contributed by atoms with Gasteiger partial charge in [0.1, 0.15) is 5.69 Å². The molecule has 0 saturated heterocycles. The lowest BCUT2D eigenvalue weighted by atomic mass is 10.2. The lowest BCUT2D eigenvalue weighted by Gasteiger charge is -2.08.